The number of rotatable bonds is 6. The molecule has 0 aliphatic carbocycles. The van der Waals surface area contributed by atoms with Gasteiger partial charge in [0.15, 0.2) is 5.96 Å². The number of amides is 1. The van der Waals surface area contributed by atoms with Gasteiger partial charge in [0, 0.05) is 18.1 Å². The first-order chi connectivity index (χ1) is 10.8. The number of hydrogen-bond acceptors (Lipinski definition) is 2. The summed E-state index contributed by atoms with van der Waals surface area (Å²) >= 11 is 3.57. The van der Waals surface area contributed by atoms with Crippen molar-refractivity contribution in [2.24, 2.45) is 10.4 Å². The summed E-state index contributed by atoms with van der Waals surface area (Å²) in [6.45, 7) is 9.03. The fourth-order valence-corrected chi connectivity index (χ4v) is 2.74. The fourth-order valence-electron chi connectivity index (χ4n) is 2.12. The molecule has 1 aromatic carbocycles. The van der Waals surface area contributed by atoms with Crippen LogP contribution in [0.5, 0.6) is 0 Å². The molecule has 1 rings (SSSR count). The Labute approximate surface area is 170 Å². The van der Waals surface area contributed by atoms with Crippen LogP contribution in [0.25, 0.3) is 0 Å². The highest BCUT2D eigenvalue weighted by Crippen LogP contribution is 2.22. The molecule has 0 aliphatic heterocycles. The van der Waals surface area contributed by atoms with Crippen molar-refractivity contribution in [3.8, 4) is 0 Å². The molecule has 0 saturated carbocycles. The minimum Gasteiger partial charge on any atom is -0.359 e. The van der Waals surface area contributed by atoms with E-state index in [2.05, 4.69) is 49.9 Å². The van der Waals surface area contributed by atoms with Crippen molar-refractivity contribution in [3.63, 3.8) is 0 Å². The van der Waals surface area contributed by atoms with Crippen molar-refractivity contribution in [1.29, 1.82) is 0 Å². The van der Waals surface area contributed by atoms with Gasteiger partial charge in [-0.25, -0.2) is 0 Å². The van der Waals surface area contributed by atoms with E-state index in [1.165, 1.54) is 0 Å². The number of carbonyl (C=O) groups is 1. The Morgan fingerprint density at radius 1 is 1.33 bits per heavy atom. The molecule has 7 heteroatoms. The van der Waals surface area contributed by atoms with Gasteiger partial charge in [-0.05, 0) is 39.3 Å². The minimum absolute atomic E-state index is 0. The van der Waals surface area contributed by atoms with Gasteiger partial charge < -0.3 is 16.0 Å². The number of nitrogens with zero attached hydrogens (tertiary/aromatic N) is 1. The average Bonchev–Trinajstić information content (AvgIpc) is 2.52. The fraction of sp³-hybridized carbons (Fsp3) is 0.529. The van der Waals surface area contributed by atoms with Crippen LogP contribution in [0.4, 0.5) is 0 Å². The third kappa shape index (κ3) is 6.96. The zero-order valence-corrected chi connectivity index (χ0v) is 18.9. The van der Waals surface area contributed by atoms with Crippen LogP contribution in [0, 0.1) is 5.41 Å². The summed E-state index contributed by atoms with van der Waals surface area (Å²) in [6, 6.07) is 8.18. The Kier molecular flexibility index (Phi) is 10.5. The van der Waals surface area contributed by atoms with Crippen LogP contribution in [-0.4, -0.2) is 32.0 Å². The second kappa shape index (κ2) is 10.9. The first-order valence-electron chi connectivity index (χ1n) is 7.83. The molecular formula is C17H28BrIN4O. The maximum Gasteiger partial charge on any atom is 0.227 e. The third-order valence-corrected chi connectivity index (χ3v) is 4.27. The maximum absolute atomic E-state index is 11.9. The zero-order chi connectivity index (χ0) is 17.5. The van der Waals surface area contributed by atoms with E-state index in [1.54, 1.807) is 7.05 Å². The molecule has 3 N–H and O–H groups in total. The van der Waals surface area contributed by atoms with E-state index >= 15 is 0 Å². The standard InChI is InChI=1S/C17H27BrN4O.HI/c1-6-20-16(21-11-17(3,4)15(23)19-5)22-12(2)13-9-7-8-10-14(13)18;/h7-10,12H,6,11H2,1-5H3,(H,19,23)(H2,20,21,22);1H. The average molecular weight is 511 g/mol. The number of benzene rings is 1. The molecule has 0 radical (unpaired) electrons. The molecule has 1 aromatic rings. The van der Waals surface area contributed by atoms with Crippen molar-refractivity contribution < 1.29 is 4.79 Å². The van der Waals surface area contributed by atoms with Crippen LogP contribution in [0.15, 0.2) is 33.7 Å². The number of carbonyl (C=O) groups excluding carboxylic acids is 1. The van der Waals surface area contributed by atoms with Crippen molar-refractivity contribution in [2.75, 3.05) is 20.1 Å². The molecule has 1 unspecified atom stereocenters. The van der Waals surface area contributed by atoms with E-state index in [0.717, 1.165) is 16.6 Å². The van der Waals surface area contributed by atoms with Crippen LogP contribution in [0.3, 0.4) is 0 Å². The molecule has 0 aliphatic rings. The Balaban J connectivity index is 0.00000529. The maximum atomic E-state index is 11.9. The predicted molar refractivity (Wildman–Crippen MR) is 115 cm³/mol. The monoisotopic (exact) mass is 510 g/mol. The molecule has 24 heavy (non-hydrogen) atoms. The van der Waals surface area contributed by atoms with Gasteiger partial charge in [0.1, 0.15) is 0 Å². The van der Waals surface area contributed by atoms with E-state index in [-0.39, 0.29) is 35.9 Å². The van der Waals surface area contributed by atoms with Crippen LogP contribution >= 0.6 is 39.9 Å². The number of hydrogen-bond donors (Lipinski definition) is 3. The van der Waals surface area contributed by atoms with Crippen LogP contribution < -0.4 is 16.0 Å². The number of halogens is 2. The summed E-state index contributed by atoms with van der Waals surface area (Å²) < 4.78 is 1.06. The molecule has 0 spiro atoms. The summed E-state index contributed by atoms with van der Waals surface area (Å²) in [6.07, 6.45) is 0. The quantitative estimate of drug-likeness (QED) is 0.312. The number of nitrogens with one attached hydrogen (secondary N) is 3. The summed E-state index contributed by atoms with van der Waals surface area (Å²) in [5, 5.41) is 9.29. The Morgan fingerprint density at radius 2 is 1.96 bits per heavy atom. The van der Waals surface area contributed by atoms with E-state index < -0.39 is 5.41 Å². The molecule has 5 nitrogen and oxygen atoms in total. The molecular weight excluding hydrogens is 483 g/mol. The molecule has 136 valence electrons. The Morgan fingerprint density at radius 3 is 2.50 bits per heavy atom. The number of guanidine groups is 1. The Hall–Kier alpha value is -0.830. The molecule has 0 fully saturated rings. The number of aliphatic imine (C=N–C) groups is 1. The van der Waals surface area contributed by atoms with Gasteiger partial charge in [0.05, 0.1) is 18.0 Å². The first kappa shape index (κ1) is 23.2. The summed E-state index contributed by atoms with van der Waals surface area (Å²) in [5.74, 6) is 0.684. The molecule has 0 aromatic heterocycles. The van der Waals surface area contributed by atoms with Gasteiger partial charge in [-0.2, -0.15) is 0 Å². The highest BCUT2D eigenvalue weighted by Gasteiger charge is 2.26. The van der Waals surface area contributed by atoms with Crippen molar-refractivity contribution in [2.45, 2.75) is 33.7 Å². The lowest BCUT2D eigenvalue weighted by molar-refractivity contribution is -0.128. The minimum atomic E-state index is -0.548. The highest BCUT2D eigenvalue weighted by molar-refractivity contribution is 14.0. The van der Waals surface area contributed by atoms with E-state index in [0.29, 0.717) is 12.5 Å². The predicted octanol–water partition coefficient (Wildman–Crippen LogP) is 3.46. The van der Waals surface area contributed by atoms with Crippen LogP contribution in [0.2, 0.25) is 0 Å². The summed E-state index contributed by atoms with van der Waals surface area (Å²) in [7, 11) is 1.65. The largest absolute Gasteiger partial charge is 0.359 e. The molecule has 0 saturated heterocycles. The molecule has 1 atom stereocenters. The van der Waals surface area contributed by atoms with Gasteiger partial charge in [-0.1, -0.05) is 34.1 Å². The van der Waals surface area contributed by atoms with Gasteiger partial charge in [0.2, 0.25) is 5.91 Å². The van der Waals surface area contributed by atoms with Crippen molar-refractivity contribution in [1.82, 2.24) is 16.0 Å². The van der Waals surface area contributed by atoms with Crippen LogP contribution in [0.1, 0.15) is 39.3 Å². The van der Waals surface area contributed by atoms with Crippen molar-refractivity contribution in [3.05, 3.63) is 34.3 Å². The normalized spacial score (nSPS) is 12.8. The second-order valence-corrected chi connectivity index (χ2v) is 6.90. The lowest BCUT2D eigenvalue weighted by atomic mass is 9.93. The molecule has 0 bridgehead atoms. The zero-order valence-electron chi connectivity index (χ0n) is 14.9. The third-order valence-electron chi connectivity index (χ3n) is 3.54. The molecule has 0 heterocycles. The lowest BCUT2D eigenvalue weighted by Gasteiger charge is -2.23. The van der Waals surface area contributed by atoms with Gasteiger partial charge in [0.25, 0.3) is 0 Å². The SMILES string of the molecule is CCNC(=NCC(C)(C)C(=O)NC)NC(C)c1ccccc1Br.I. The highest BCUT2D eigenvalue weighted by atomic mass is 127. The summed E-state index contributed by atoms with van der Waals surface area (Å²) in [5.41, 5.74) is 0.608. The van der Waals surface area contributed by atoms with Gasteiger partial charge in [-0.3, -0.25) is 9.79 Å². The smallest absolute Gasteiger partial charge is 0.227 e. The van der Waals surface area contributed by atoms with E-state index in [9.17, 15) is 4.79 Å². The van der Waals surface area contributed by atoms with E-state index in [4.69, 9.17) is 0 Å². The first-order valence-corrected chi connectivity index (χ1v) is 8.62. The second-order valence-electron chi connectivity index (χ2n) is 6.05. The van der Waals surface area contributed by atoms with E-state index in [1.807, 2.05) is 39.0 Å². The van der Waals surface area contributed by atoms with Crippen molar-refractivity contribution >= 4 is 51.8 Å². The lowest BCUT2D eigenvalue weighted by Crippen LogP contribution is -2.41. The topological polar surface area (TPSA) is 65.5 Å². The van der Waals surface area contributed by atoms with Gasteiger partial charge >= 0.3 is 0 Å². The van der Waals surface area contributed by atoms with Gasteiger partial charge in [-0.15, -0.1) is 24.0 Å². The Bertz CT molecular complexity index is 563. The molecule has 1 amide bonds. The van der Waals surface area contributed by atoms with Crippen LogP contribution in [-0.2, 0) is 4.79 Å². The summed E-state index contributed by atoms with van der Waals surface area (Å²) in [4.78, 5) is 16.4.